The van der Waals surface area contributed by atoms with Crippen molar-refractivity contribution >= 4 is 5.78 Å². The zero-order valence-corrected chi connectivity index (χ0v) is 14.0. The van der Waals surface area contributed by atoms with Crippen molar-refractivity contribution in [2.24, 2.45) is 34.5 Å². The number of carbonyl (C=O) groups excluding carboxylic acids is 1. The predicted molar refractivity (Wildman–Crippen MR) is 90.3 cm³/mol. The SMILES string of the molecule is C=C[C@H]1CC[C@H]2[C@@H]3CCC4=CC(=O)C=C[C@]4(C)[C@@H]3CC[C@]12C. The molecule has 0 heterocycles. The molecule has 1 nitrogen and oxygen atoms in total. The largest absolute Gasteiger partial charge is 0.290 e. The fourth-order valence-electron chi connectivity index (χ4n) is 6.63. The highest BCUT2D eigenvalue weighted by atomic mass is 16.1. The summed E-state index contributed by atoms with van der Waals surface area (Å²) in [7, 11) is 0. The van der Waals surface area contributed by atoms with Crippen molar-refractivity contribution in [3.05, 3.63) is 36.5 Å². The van der Waals surface area contributed by atoms with Gasteiger partial charge in [-0.3, -0.25) is 4.79 Å². The summed E-state index contributed by atoms with van der Waals surface area (Å²) < 4.78 is 0. The molecule has 0 aromatic heterocycles. The van der Waals surface area contributed by atoms with Crippen LogP contribution >= 0.6 is 0 Å². The van der Waals surface area contributed by atoms with E-state index in [2.05, 4.69) is 32.6 Å². The average Bonchev–Trinajstić information content (AvgIpc) is 2.84. The number of allylic oxidation sites excluding steroid dienone is 5. The summed E-state index contributed by atoms with van der Waals surface area (Å²) >= 11 is 0. The number of ketones is 1. The maximum Gasteiger partial charge on any atom is 0.178 e. The molecule has 22 heavy (non-hydrogen) atoms. The van der Waals surface area contributed by atoms with Gasteiger partial charge in [-0.2, -0.15) is 0 Å². The predicted octanol–water partition coefficient (Wildman–Crippen LogP) is 5.10. The minimum Gasteiger partial charge on any atom is -0.290 e. The van der Waals surface area contributed by atoms with Crippen LogP contribution in [0.5, 0.6) is 0 Å². The Morgan fingerprint density at radius 1 is 1.18 bits per heavy atom. The molecule has 0 spiro atoms. The van der Waals surface area contributed by atoms with Crippen LogP contribution in [-0.2, 0) is 4.79 Å². The van der Waals surface area contributed by atoms with Gasteiger partial charge >= 0.3 is 0 Å². The van der Waals surface area contributed by atoms with Crippen molar-refractivity contribution in [2.75, 3.05) is 0 Å². The smallest absolute Gasteiger partial charge is 0.178 e. The molecule has 0 aromatic rings. The fourth-order valence-corrected chi connectivity index (χ4v) is 6.63. The molecule has 3 fully saturated rings. The Morgan fingerprint density at radius 3 is 2.77 bits per heavy atom. The van der Waals surface area contributed by atoms with Crippen LogP contribution in [0.3, 0.4) is 0 Å². The molecule has 0 aromatic carbocycles. The summed E-state index contributed by atoms with van der Waals surface area (Å²) in [5.74, 6) is 3.34. The quantitative estimate of drug-likeness (QED) is 0.615. The second-order valence-corrected chi connectivity index (χ2v) is 8.57. The number of hydrogen-bond acceptors (Lipinski definition) is 1. The van der Waals surface area contributed by atoms with Crippen molar-refractivity contribution in [1.29, 1.82) is 0 Å². The van der Waals surface area contributed by atoms with Crippen LogP contribution in [0.15, 0.2) is 36.5 Å². The Kier molecular flexibility index (Phi) is 3.09. The van der Waals surface area contributed by atoms with E-state index in [-0.39, 0.29) is 11.2 Å². The summed E-state index contributed by atoms with van der Waals surface area (Å²) in [6, 6.07) is 0. The van der Waals surface area contributed by atoms with Gasteiger partial charge in [0.15, 0.2) is 5.78 Å². The van der Waals surface area contributed by atoms with E-state index in [0.717, 1.165) is 24.2 Å². The second kappa shape index (κ2) is 4.69. The number of hydrogen-bond donors (Lipinski definition) is 0. The van der Waals surface area contributed by atoms with Crippen molar-refractivity contribution in [2.45, 2.75) is 52.4 Å². The number of rotatable bonds is 1. The molecule has 6 atom stereocenters. The van der Waals surface area contributed by atoms with Gasteiger partial charge in [-0.05, 0) is 79.8 Å². The lowest BCUT2D eigenvalue weighted by Gasteiger charge is -2.57. The van der Waals surface area contributed by atoms with Crippen LogP contribution in [0.25, 0.3) is 0 Å². The van der Waals surface area contributed by atoms with E-state index >= 15 is 0 Å². The average molecular weight is 296 g/mol. The van der Waals surface area contributed by atoms with Crippen LogP contribution in [-0.4, -0.2) is 5.78 Å². The third-order valence-electron chi connectivity index (χ3n) is 7.91. The van der Waals surface area contributed by atoms with Gasteiger partial charge in [0.2, 0.25) is 0 Å². The van der Waals surface area contributed by atoms with Crippen molar-refractivity contribution in [3.63, 3.8) is 0 Å². The van der Waals surface area contributed by atoms with Gasteiger partial charge in [0.25, 0.3) is 0 Å². The van der Waals surface area contributed by atoms with E-state index in [0.29, 0.717) is 11.3 Å². The molecule has 0 N–H and O–H groups in total. The molecule has 1 heteroatoms. The normalized spacial score (nSPS) is 49.9. The fraction of sp³-hybridized carbons (Fsp3) is 0.667. The first-order chi connectivity index (χ1) is 10.5. The molecule has 4 aliphatic carbocycles. The lowest BCUT2D eigenvalue weighted by atomic mass is 9.48. The Hall–Kier alpha value is -1.11. The van der Waals surface area contributed by atoms with Gasteiger partial charge in [-0.25, -0.2) is 0 Å². The summed E-state index contributed by atoms with van der Waals surface area (Å²) in [4.78, 5) is 11.8. The maximum atomic E-state index is 11.8. The minimum atomic E-state index is 0.143. The molecule has 0 radical (unpaired) electrons. The summed E-state index contributed by atoms with van der Waals surface area (Å²) in [5.41, 5.74) is 2.03. The monoisotopic (exact) mass is 296 g/mol. The second-order valence-electron chi connectivity index (χ2n) is 8.57. The number of fused-ring (bicyclic) bond motifs is 5. The van der Waals surface area contributed by atoms with Gasteiger partial charge < -0.3 is 0 Å². The topological polar surface area (TPSA) is 17.1 Å². The van der Waals surface area contributed by atoms with E-state index in [1.54, 1.807) is 0 Å². The molecule has 0 bridgehead atoms. The molecule has 0 unspecified atom stereocenters. The van der Waals surface area contributed by atoms with Crippen LogP contribution in [0.2, 0.25) is 0 Å². The summed E-state index contributed by atoms with van der Waals surface area (Å²) in [6.45, 7) is 9.03. The molecular weight excluding hydrogens is 268 g/mol. The van der Waals surface area contributed by atoms with E-state index in [1.165, 1.54) is 37.7 Å². The van der Waals surface area contributed by atoms with E-state index in [4.69, 9.17) is 0 Å². The third kappa shape index (κ3) is 1.74. The Balaban J connectivity index is 1.69. The van der Waals surface area contributed by atoms with Gasteiger partial charge in [-0.15, -0.1) is 6.58 Å². The van der Waals surface area contributed by atoms with Gasteiger partial charge in [0.05, 0.1) is 0 Å². The van der Waals surface area contributed by atoms with Crippen LogP contribution in [0.1, 0.15) is 52.4 Å². The number of carbonyl (C=O) groups is 1. The van der Waals surface area contributed by atoms with E-state index < -0.39 is 0 Å². The lowest BCUT2D eigenvalue weighted by Crippen LogP contribution is -2.49. The van der Waals surface area contributed by atoms with Crippen LogP contribution in [0.4, 0.5) is 0 Å². The molecule has 4 aliphatic rings. The van der Waals surface area contributed by atoms with E-state index in [1.807, 2.05) is 12.2 Å². The van der Waals surface area contributed by atoms with Crippen LogP contribution in [0, 0.1) is 34.5 Å². The zero-order valence-electron chi connectivity index (χ0n) is 14.0. The first kappa shape index (κ1) is 14.5. The lowest BCUT2D eigenvalue weighted by molar-refractivity contribution is -0.111. The van der Waals surface area contributed by atoms with Gasteiger partial charge in [0, 0.05) is 5.41 Å². The Labute approximate surface area is 134 Å². The van der Waals surface area contributed by atoms with Gasteiger partial charge in [0.1, 0.15) is 0 Å². The molecule has 0 saturated heterocycles. The standard InChI is InChI=1S/C21H28O/c1-4-14-6-8-18-17-7-5-15-13-16(22)9-11-21(15,3)19(17)10-12-20(14,18)2/h4,9,11,13-14,17-19H,1,5-8,10,12H2,2-3H3/t14-,17-,18-,19+,20+,21-/m0/s1. The highest BCUT2D eigenvalue weighted by Crippen LogP contribution is 2.66. The third-order valence-corrected chi connectivity index (χ3v) is 7.91. The maximum absolute atomic E-state index is 11.8. The first-order valence-electron chi connectivity index (χ1n) is 9.06. The first-order valence-corrected chi connectivity index (χ1v) is 9.06. The molecular formula is C21H28O. The zero-order chi connectivity index (χ0) is 15.5. The van der Waals surface area contributed by atoms with Crippen molar-refractivity contribution in [1.82, 2.24) is 0 Å². The highest BCUT2D eigenvalue weighted by Gasteiger charge is 2.57. The summed E-state index contributed by atoms with van der Waals surface area (Å²) in [5, 5.41) is 0. The van der Waals surface area contributed by atoms with Gasteiger partial charge in [-0.1, -0.05) is 31.6 Å². The molecule has 0 aliphatic heterocycles. The molecule has 3 saturated carbocycles. The minimum absolute atomic E-state index is 0.143. The highest BCUT2D eigenvalue weighted by molar-refractivity contribution is 6.01. The molecule has 0 amide bonds. The Morgan fingerprint density at radius 2 is 2.00 bits per heavy atom. The van der Waals surface area contributed by atoms with Crippen LogP contribution < -0.4 is 0 Å². The Bertz CT molecular complexity index is 583. The van der Waals surface area contributed by atoms with E-state index in [9.17, 15) is 4.79 Å². The molecule has 4 rings (SSSR count). The van der Waals surface area contributed by atoms with Crippen molar-refractivity contribution in [3.8, 4) is 0 Å². The van der Waals surface area contributed by atoms with Crippen molar-refractivity contribution < 1.29 is 4.79 Å². The molecule has 118 valence electrons. The summed E-state index contributed by atoms with van der Waals surface area (Å²) in [6.07, 6.45) is 16.0.